The summed E-state index contributed by atoms with van der Waals surface area (Å²) < 4.78 is 5.30. The van der Waals surface area contributed by atoms with Gasteiger partial charge in [-0.15, -0.1) is 11.8 Å². The summed E-state index contributed by atoms with van der Waals surface area (Å²) in [6, 6.07) is 24.9. The standard InChI is InChI=1S/C24H22N2O3S/c1-29-21-9-5-8-20(15-21)26-23(28)16-30-24(26)18-10-12-19(13-11-18)25-22(27)14-17-6-3-2-4-7-17/h2-13,15,24H,14,16H2,1H3,(H,25,27)/t24-/m1/s1. The molecule has 6 heteroatoms. The fourth-order valence-corrected chi connectivity index (χ4v) is 4.61. The molecule has 0 saturated carbocycles. The van der Waals surface area contributed by atoms with E-state index in [1.165, 1.54) is 0 Å². The summed E-state index contributed by atoms with van der Waals surface area (Å²) in [6.07, 6.45) is 0.333. The minimum Gasteiger partial charge on any atom is -0.497 e. The van der Waals surface area contributed by atoms with E-state index in [1.54, 1.807) is 23.8 Å². The van der Waals surface area contributed by atoms with E-state index in [0.29, 0.717) is 17.9 Å². The number of hydrogen-bond donors (Lipinski definition) is 1. The van der Waals surface area contributed by atoms with Gasteiger partial charge >= 0.3 is 0 Å². The van der Waals surface area contributed by atoms with E-state index < -0.39 is 0 Å². The highest BCUT2D eigenvalue weighted by Gasteiger charge is 2.34. The minimum absolute atomic E-state index is 0.0580. The van der Waals surface area contributed by atoms with Crippen molar-refractivity contribution in [3.05, 3.63) is 90.0 Å². The number of carbonyl (C=O) groups excluding carboxylic acids is 2. The first-order valence-electron chi connectivity index (χ1n) is 9.65. The lowest BCUT2D eigenvalue weighted by Crippen LogP contribution is -2.27. The highest BCUT2D eigenvalue weighted by molar-refractivity contribution is 8.00. The van der Waals surface area contributed by atoms with Gasteiger partial charge in [0.2, 0.25) is 11.8 Å². The van der Waals surface area contributed by atoms with Gasteiger partial charge in [0.05, 0.1) is 19.3 Å². The van der Waals surface area contributed by atoms with Crippen LogP contribution in [0.4, 0.5) is 11.4 Å². The Labute approximate surface area is 180 Å². The summed E-state index contributed by atoms with van der Waals surface area (Å²) in [4.78, 5) is 26.6. The van der Waals surface area contributed by atoms with Crippen molar-refractivity contribution >= 4 is 35.0 Å². The van der Waals surface area contributed by atoms with Gasteiger partial charge in [-0.25, -0.2) is 0 Å². The minimum atomic E-state index is -0.112. The third-order valence-electron chi connectivity index (χ3n) is 4.89. The first-order valence-corrected chi connectivity index (χ1v) is 10.7. The van der Waals surface area contributed by atoms with Crippen molar-refractivity contribution in [2.45, 2.75) is 11.8 Å². The molecule has 5 nitrogen and oxygen atoms in total. The van der Waals surface area contributed by atoms with Crippen molar-refractivity contribution in [3.8, 4) is 5.75 Å². The summed E-state index contributed by atoms with van der Waals surface area (Å²) in [6.45, 7) is 0. The third kappa shape index (κ3) is 4.49. The maximum absolute atomic E-state index is 12.6. The van der Waals surface area contributed by atoms with E-state index in [9.17, 15) is 9.59 Å². The number of rotatable bonds is 6. The van der Waals surface area contributed by atoms with E-state index >= 15 is 0 Å². The van der Waals surface area contributed by atoms with E-state index in [0.717, 1.165) is 22.5 Å². The van der Waals surface area contributed by atoms with Crippen LogP contribution in [0.1, 0.15) is 16.5 Å². The molecule has 152 valence electrons. The second-order valence-corrected chi connectivity index (χ2v) is 8.03. The molecule has 1 atom stereocenters. The molecule has 1 aliphatic rings. The molecule has 1 aliphatic heterocycles. The fraction of sp³-hybridized carbons (Fsp3) is 0.167. The van der Waals surface area contributed by atoms with Crippen LogP contribution in [0.15, 0.2) is 78.9 Å². The first-order chi connectivity index (χ1) is 14.6. The van der Waals surface area contributed by atoms with Crippen molar-refractivity contribution in [2.24, 2.45) is 0 Å². The molecule has 0 unspecified atom stereocenters. The van der Waals surface area contributed by atoms with Crippen molar-refractivity contribution in [2.75, 3.05) is 23.1 Å². The molecule has 3 aromatic carbocycles. The van der Waals surface area contributed by atoms with Gasteiger partial charge in [0, 0.05) is 17.4 Å². The topological polar surface area (TPSA) is 58.6 Å². The summed E-state index contributed by atoms with van der Waals surface area (Å²) in [7, 11) is 1.61. The van der Waals surface area contributed by atoms with Gasteiger partial charge in [0.25, 0.3) is 0 Å². The molecule has 1 fully saturated rings. The van der Waals surface area contributed by atoms with Crippen LogP contribution >= 0.6 is 11.8 Å². The molecule has 0 bridgehead atoms. The summed E-state index contributed by atoms with van der Waals surface area (Å²) in [5.41, 5.74) is 3.53. The lowest BCUT2D eigenvalue weighted by molar-refractivity contribution is -0.116. The van der Waals surface area contributed by atoms with Crippen LogP contribution < -0.4 is 15.0 Å². The third-order valence-corrected chi connectivity index (χ3v) is 6.10. The molecule has 0 radical (unpaired) electrons. The molecule has 4 rings (SSSR count). The zero-order valence-electron chi connectivity index (χ0n) is 16.6. The molecule has 1 heterocycles. The zero-order chi connectivity index (χ0) is 20.9. The Bertz CT molecular complexity index is 1040. The van der Waals surface area contributed by atoms with Crippen LogP contribution in [0.3, 0.4) is 0 Å². The van der Waals surface area contributed by atoms with E-state index in [-0.39, 0.29) is 17.2 Å². The molecule has 1 N–H and O–H groups in total. The maximum Gasteiger partial charge on any atom is 0.238 e. The highest BCUT2D eigenvalue weighted by Crippen LogP contribution is 2.42. The lowest BCUT2D eigenvalue weighted by Gasteiger charge is -2.25. The molecular formula is C24H22N2O3S. The molecule has 3 aromatic rings. The van der Waals surface area contributed by atoms with Crippen LogP contribution in [0, 0.1) is 0 Å². The number of nitrogens with zero attached hydrogens (tertiary/aromatic N) is 1. The maximum atomic E-state index is 12.6. The van der Waals surface area contributed by atoms with Gasteiger partial charge in [-0.2, -0.15) is 0 Å². The number of nitrogens with one attached hydrogen (secondary N) is 1. The Balaban J connectivity index is 1.47. The van der Waals surface area contributed by atoms with Crippen LogP contribution in [0.25, 0.3) is 0 Å². The average molecular weight is 419 g/mol. The number of amides is 2. The van der Waals surface area contributed by atoms with E-state index in [4.69, 9.17) is 4.74 Å². The van der Waals surface area contributed by atoms with Gasteiger partial charge in [0.15, 0.2) is 0 Å². The second-order valence-electron chi connectivity index (χ2n) is 6.96. The van der Waals surface area contributed by atoms with Crippen molar-refractivity contribution in [1.29, 1.82) is 0 Å². The van der Waals surface area contributed by atoms with Crippen LogP contribution in [-0.4, -0.2) is 24.7 Å². The van der Waals surface area contributed by atoms with Gasteiger partial charge in [-0.1, -0.05) is 48.5 Å². The van der Waals surface area contributed by atoms with Crippen molar-refractivity contribution < 1.29 is 14.3 Å². The number of thioether (sulfide) groups is 1. The summed E-state index contributed by atoms with van der Waals surface area (Å²) >= 11 is 1.59. The zero-order valence-corrected chi connectivity index (χ0v) is 17.4. The van der Waals surface area contributed by atoms with Crippen molar-refractivity contribution in [3.63, 3.8) is 0 Å². The average Bonchev–Trinajstić information content (AvgIpc) is 3.16. The molecular weight excluding hydrogens is 396 g/mol. The molecule has 0 spiro atoms. The Morgan fingerprint density at radius 3 is 2.57 bits per heavy atom. The Hall–Kier alpha value is -3.25. The SMILES string of the molecule is COc1cccc(N2C(=O)CS[C@@H]2c2ccc(NC(=O)Cc3ccccc3)cc2)c1. The van der Waals surface area contributed by atoms with Crippen molar-refractivity contribution in [1.82, 2.24) is 0 Å². The number of benzene rings is 3. The molecule has 0 aliphatic carbocycles. The van der Waals surface area contributed by atoms with Gasteiger partial charge in [-0.05, 0) is 35.4 Å². The van der Waals surface area contributed by atoms with E-state index in [1.807, 2.05) is 78.9 Å². The van der Waals surface area contributed by atoms with Crippen LogP contribution in [0.2, 0.25) is 0 Å². The van der Waals surface area contributed by atoms with Gasteiger partial charge in [0.1, 0.15) is 11.1 Å². The molecule has 0 aromatic heterocycles. The van der Waals surface area contributed by atoms with Crippen LogP contribution in [-0.2, 0) is 16.0 Å². The smallest absolute Gasteiger partial charge is 0.238 e. The Morgan fingerprint density at radius 2 is 1.83 bits per heavy atom. The summed E-state index contributed by atoms with van der Waals surface area (Å²) in [5, 5.41) is 2.82. The molecule has 30 heavy (non-hydrogen) atoms. The Morgan fingerprint density at radius 1 is 1.07 bits per heavy atom. The number of ether oxygens (including phenoxy) is 1. The fourth-order valence-electron chi connectivity index (χ4n) is 3.43. The predicted octanol–water partition coefficient (Wildman–Crippen LogP) is 4.66. The normalized spacial score (nSPS) is 15.8. The first kappa shape index (κ1) is 20.0. The lowest BCUT2D eigenvalue weighted by atomic mass is 10.1. The second kappa shape index (κ2) is 9.05. The molecule has 1 saturated heterocycles. The van der Waals surface area contributed by atoms with Gasteiger partial charge in [-0.3, -0.25) is 14.5 Å². The Kier molecular flexibility index (Phi) is 6.05. The predicted molar refractivity (Wildman–Crippen MR) is 121 cm³/mol. The monoisotopic (exact) mass is 418 g/mol. The van der Waals surface area contributed by atoms with Gasteiger partial charge < -0.3 is 10.1 Å². The number of carbonyl (C=O) groups is 2. The number of methoxy groups -OCH3 is 1. The summed E-state index contributed by atoms with van der Waals surface area (Å²) in [5.74, 6) is 1.15. The molecule has 2 amide bonds. The number of hydrogen-bond acceptors (Lipinski definition) is 4. The highest BCUT2D eigenvalue weighted by atomic mass is 32.2. The largest absolute Gasteiger partial charge is 0.497 e. The quantitative estimate of drug-likeness (QED) is 0.633. The van der Waals surface area contributed by atoms with Crippen LogP contribution in [0.5, 0.6) is 5.75 Å². The van der Waals surface area contributed by atoms with E-state index in [2.05, 4.69) is 5.32 Å². The number of anilines is 2.